The number of nitrogens with one attached hydrogen (secondary N) is 1. The van der Waals surface area contributed by atoms with Gasteiger partial charge >= 0.3 is 6.18 Å². The Balaban J connectivity index is 2.56. The zero-order valence-electron chi connectivity index (χ0n) is 9.38. The highest BCUT2D eigenvalue weighted by molar-refractivity contribution is 5.03. The second-order valence-electron chi connectivity index (χ2n) is 3.77. The minimum absolute atomic E-state index is 0.00977. The van der Waals surface area contributed by atoms with Crippen LogP contribution in [0.2, 0.25) is 0 Å². The van der Waals surface area contributed by atoms with E-state index in [-0.39, 0.29) is 6.04 Å². The van der Waals surface area contributed by atoms with Crippen LogP contribution in [0.15, 0.2) is 12.3 Å². The minimum atomic E-state index is -4.35. The Kier molecular flexibility index (Phi) is 4.35. The first-order valence-corrected chi connectivity index (χ1v) is 5.22. The van der Waals surface area contributed by atoms with Crippen molar-refractivity contribution in [2.24, 2.45) is 0 Å². The highest BCUT2D eigenvalue weighted by Gasteiger charge is 2.33. The smallest absolute Gasteiger partial charge is 0.320 e. The molecule has 0 fully saturated rings. The molecule has 1 aromatic heterocycles. The average Bonchev–Trinajstić information content (AvgIpc) is 2.66. The lowest BCUT2D eigenvalue weighted by molar-refractivity contribution is -0.141. The third kappa shape index (κ3) is 3.52. The molecule has 3 nitrogen and oxygen atoms in total. The van der Waals surface area contributed by atoms with Crippen molar-refractivity contribution in [1.29, 1.82) is 0 Å². The van der Waals surface area contributed by atoms with Gasteiger partial charge in [0.25, 0.3) is 0 Å². The number of hydrogen-bond acceptors (Lipinski definition) is 2. The molecule has 0 aliphatic heterocycles. The van der Waals surface area contributed by atoms with Gasteiger partial charge in [0.15, 0.2) is 5.69 Å². The fraction of sp³-hybridized carbons (Fsp3) is 0.700. The molecule has 0 saturated heterocycles. The van der Waals surface area contributed by atoms with E-state index in [4.69, 9.17) is 0 Å². The van der Waals surface area contributed by atoms with Crippen LogP contribution in [0.1, 0.15) is 31.5 Å². The van der Waals surface area contributed by atoms with E-state index in [2.05, 4.69) is 10.4 Å². The van der Waals surface area contributed by atoms with E-state index >= 15 is 0 Å². The molecule has 1 aromatic rings. The van der Waals surface area contributed by atoms with E-state index < -0.39 is 11.9 Å². The molecule has 0 aliphatic rings. The van der Waals surface area contributed by atoms with Gasteiger partial charge in [0.05, 0.1) is 0 Å². The van der Waals surface area contributed by atoms with Crippen molar-refractivity contribution in [3.05, 3.63) is 18.0 Å². The number of rotatable bonds is 5. The van der Waals surface area contributed by atoms with Gasteiger partial charge in [-0.1, -0.05) is 0 Å². The second kappa shape index (κ2) is 5.34. The Labute approximate surface area is 92.6 Å². The fourth-order valence-corrected chi connectivity index (χ4v) is 1.44. The fourth-order valence-electron chi connectivity index (χ4n) is 1.44. The lowest BCUT2D eigenvalue weighted by atomic mass is 10.2. The van der Waals surface area contributed by atoms with Crippen molar-refractivity contribution in [1.82, 2.24) is 15.1 Å². The lowest BCUT2D eigenvalue weighted by Gasteiger charge is -2.11. The van der Waals surface area contributed by atoms with Gasteiger partial charge in [-0.3, -0.25) is 4.68 Å². The van der Waals surface area contributed by atoms with E-state index in [1.807, 2.05) is 14.0 Å². The predicted octanol–water partition coefficient (Wildman–Crippen LogP) is 2.46. The molecular weight excluding hydrogens is 219 g/mol. The molecule has 0 spiro atoms. The quantitative estimate of drug-likeness (QED) is 0.794. The zero-order valence-corrected chi connectivity index (χ0v) is 9.38. The van der Waals surface area contributed by atoms with E-state index in [9.17, 15) is 13.2 Å². The van der Waals surface area contributed by atoms with Gasteiger partial charge in [-0.15, -0.1) is 0 Å². The molecule has 1 rings (SSSR count). The van der Waals surface area contributed by atoms with Crippen molar-refractivity contribution in [2.45, 2.75) is 32.0 Å². The van der Waals surface area contributed by atoms with Gasteiger partial charge in [-0.2, -0.15) is 18.3 Å². The molecule has 0 aromatic carbocycles. The normalized spacial score (nSPS) is 14.1. The van der Waals surface area contributed by atoms with Crippen LogP contribution in [0.5, 0.6) is 0 Å². The second-order valence-corrected chi connectivity index (χ2v) is 3.77. The molecule has 0 aliphatic carbocycles. The summed E-state index contributed by atoms with van der Waals surface area (Å²) in [6.07, 6.45) is -1.25. The summed E-state index contributed by atoms with van der Waals surface area (Å²) >= 11 is 0. The van der Waals surface area contributed by atoms with Crippen molar-refractivity contribution in [3.8, 4) is 0 Å². The third-order valence-corrected chi connectivity index (χ3v) is 2.40. The van der Waals surface area contributed by atoms with Crippen LogP contribution < -0.4 is 5.32 Å². The Morgan fingerprint density at radius 1 is 1.50 bits per heavy atom. The van der Waals surface area contributed by atoms with Crippen LogP contribution in [0, 0.1) is 0 Å². The molecular formula is C10H16F3N3. The maximum atomic E-state index is 12.3. The highest BCUT2D eigenvalue weighted by atomic mass is 19.4. The summed E-state index contributed by atoms with van der Waals surface area (Å²) in [4.78, 5) is 0. The first-order chi connectivity index (χ1) is 7.45. The van der Waals surface area contributed by atoms with E-state index in [1.165, 1.54) is 10.9 Å². The number of nitrogens with zero attached hydrogens (tertiary/aromatic N) is 2. The lowest BCUT2D eigenvalue weighted by Crippen LogP contribution is -2.13. The SMILES string of the molecule is CNCCCC(C)n1ccc(C(F)(F)F)n1. The van der Waals surface area contributed by atoms with E-state index in [0.29, 0.717) is 0 Å². The van der Waals surface area contributed by atoms with Crippen molar-refractivity contribution in [2.75, 3.05) is 13.6 Å². The molecule has 16 heavy (non-hydrogen) atoms. The molecule has 1 heterocycles. The molecule has 0 bridgehead atoms. The molecule has 0 saturated carbocycles. The maximum absolute atomic E-state index is 12.3. The predicted molar refractivity (Wildman–Crippen MR) is 55.1 cm³/mol. The van der Waals surface area contributed by atoms with Gasteiger partial charge in [0.1, 0.15) is 0 Å². The molecule has 92 valence electrons. The summed E-state index contributed by atoms with van der Waals surface area (Å²) in [6, 6.07) is 0.999. The first-order valence-electron chi connectivity index (χ1n) is 5.22. The van der Waals surface area contributed by atoms with Crippen LogP contribution in [-0.2, 0) is 6.18 Å². The maximum Gasteiger partial charge on any atom is 0.435 e. The zero-order chi connectivity index (χ0) is 12.2. The van der Waals surface area contributed by atoms with Gasteiger partial charge in [0.2, 0.25) is 0 Å². The molecule has 0 radical (unpaired) electrons. The third-order valence-electron chi connectivity index (χ3n) is 2.40. The van der Waals surface area contributed by atoms with Crippen molar-refractivity contribution < 1.29 is 13.2 Å². The number of aromatic nitrogens is 2. The van der Waals surface area contributed by atoms with Gasteiger partial charge in [-0.05, 0) is 39.4 Å². The average molecular weight is 235 g/mol. The van der Waals surface area contributed by atoms with Crippen LogP contribution in [0.25, 0.3) is 0 Å². The monoisotopic (exact) mass is 235 g/mol. The van der Waals surface area contributed by atoms with Crippen molar-refractivity contribution in [3.63, 3.8) is 0 Å². The number of alkyl halides is 3. The van der Waals surface area contributed by atoms with Gasteiger partial charge < -0.3 is 5.32 Å². The Morgan fingerprint density at radius 3 is 2.69 bits per heavy atom. The van der Waals surface area contributed by atoms with Crippen LogP contribution in [0.4, 0.5) is 13.2 Å². The summed E-state index contributed by atoms with van der Waals surface area (Å²) in [5, 5.41) is 6.53. The van der Waals surface area contributed by atoms with Gasteiger partial charge in [0, 0.05) is 12.2 Å². The van der Waals surface area contributed by atoms with Crippen LogP contribution >= 0.6 is 0 Å². The van der Waals surface area contributed by atoms with Crippen molar-refractivity contribution >= 4 is 0 Å². The highest BCUT2D eigenvalue weighted by Crippen LogP contribution is 2.28. The Hall–Kier alpha value is -1.04. The Bertz CT molecular complexity index is 319. The van der Waals surface area contributed by atoms with E-state index in [0.717, 1.165) is 25.5 Å². The molecule has 1 N–H and O–H groups in total. The summed E-state index contributed by atoms with van der Waals surface area (Å²) in [5.74, 6) is 0. The summed E-state index contributed by atoms with van der Waals surface area (Å²) in [5.41, 5.74) is -0.826. The molecule has 6 heteroatoms. The standard InChI is InChI=1S/C10H16F3N3/c1-8(4-3-6-14-2)16-7-5-9(15-16)10(11,12)13/h5,7-8,14H,3-4,6H2,1-2H3. The molecule has 0 amide bonds. The molecule has 1 atom stereocenters. The first kappa shape index (κ1) is 13.0. The number of halogens is 3. The molecule has 1 unspecified atom stereocenters. The van der Waals surface area contributed by atoms with Gasteiger partial charge in [-0.25, -0.2) is 0 Å². The minimum Gasteiger partial charge on any atom is -0.320 e. The summed E-state index contributed by atoms with van der Waals surface area (Å²) in [7, 11) is 1.85. The summed E-state index contributed by atoms with van der Waals surface area (Å²) < 4.78 is 38.2. The van der Waals surface area contributed by atoms with E-state index in [1.54, 1.807) is 0 Å². The summed E-state index contributed by atoms with van der Waals surface area (Å²) in [6.45, 7) is 2.72. The topological polar surface area (TPSA) is 29.9 Å². The number of hydrogen-bond donors (Lipinski definition) is 1. The Morgan fingerprint density at radius 2 is 2.19 bits per heavy atom. The van der Waals surface area contributed by atoms with Crippen LogP contribution in [0.3, 0.4) is 0 Å². The largest absolute Gasteiger partial charge is 0.435 e. The van der Waals surface area contributed by atoms with Crippen LogP contribution in [-0.4, -0.2) is 23.4 Å².